The highest BCUT2D eigenvalue weighted by atomic mass is 16.2. The van der Waals surface area contributed by atoms with Crippen LogP contribution in [0.15, 0.2) is 18.2 Å². The summed E-state index contributed by atoms with van der Waals surface area (Å²) in [5.74, 6) is -0.842. The van der Waals surface area contributed by atoms with Crippen molar-refractivity contribution < 1.29 is 19.2 Å². The fourth-order valence-electron chi connectivity index (χ4n) is 5.17. The van der Waals surface area contributed by atoms with E-state index in [9.17, 15) is 19.2 Å². The Kier molecular flexibility index (Phi) is 3.80. The van der Waals surface area contributed by atoms with Gasteiger partial charge in [0.15, 0.2) is 0 Å². The molecule has 5 rings (SSSR count). The first-order valence-electron chi connectivity index (χ1n) is 9.80. The number of carbonyl (C=O) groups is 4. The maximum Gasteiger partial charge on any atom is 0.262 e. The van der Waals surface area contributed by atoms with Crippen LogP contribution in [0.3, 0.4) is 0 Å². The van der Waals surface area contributed by atoms with Gasteiger partial charge in [-0.3, -0.25) is 29.4 Å². The van der Waals surface area contributed by atoms with Crippen LogP contribution in [0.4, 0.5) is 5.69 Å². The molecule has 1 saturated carbocycles. The fourth-order valence-corrected chi connectivity index (χ4v) is 5.17. The Bertz CT molecular complexity index is 913. The molecule has 4 aliphatic rings. The standard InChI is InChI=1S/C20H22N4O4/c21-15-4-1-10-8-23(9-14(10)15)11-2-3-12-13(7-11)20(28)24(19(12)27)16-5-6-17(25)22-18(16)26/h2-3,7,10,14-16H,1,4-6,8-9,21H2,(H,22,25,26). The first-order valence-corrected chi connectivity index (χ1v) is 9.80. The smallest absolute Gasteiger partial charge is 0.262 e. The van der Waals surface area contributed by atoms with Crippen LogP contribution in [0.25, 0.3) is 0 Å². The number of nitrogens with two attached hydrogens (primary N) is 1. The van der Waals surface area contributed by atoms with Gasteiger partial charge in [0, 0.05) is 31.2 Å². The number of piperidine rings is 1. The number of hydrogen-bond acceptors (Lipinski definition) is 6. The Morgan fingerprint density at radius 2 is 1.75 bits per heavy atom. The van der Waals surface area contributed by atoms with Crippen molar-refractivity contribution in [2.45, 2.75) is 37.8 Å². The van der Waals surface area contributed by atoms with Gasteiger partial charge < -0.3 is 10.6 Å². The lowest BCUT2D eigenvalue weighted by Gasteiger charge is -2.27. The predicted molar refractivity (Wildman–Crippen MR) is 99.5 cm³/mol. The van der Waals surface area contributed by atoms with E-state index in [1.165, 1.54) is 0 Å². The lowest BCUT2D eigenvalue weighted by Crippen LogP contribution is -2.54. The molecule has 0 radical (unpaired) electrons. The topological polar surface area (TPSA) is 113 Å². The van der Waals surface area contributed by atoms with Gasteiger partial charge in [0.2, 0.25) is 11.8 Å². The van der Waals surface area contributed by atoms with E-state index in [2.05, 4.69) is 10.2 Å². The van der Waals surface area contributed by atoms with Crippen molar-refractivity contribution in [1.82, 2.24) is 10.2 Å². The average Bonchev–Trinajstić information content (AvgIpc) is 3.31. The highest BCUT2D eigenvalue weighted by Gasteiger charge is 2.45. The molecule has 0 bridgehead atoms. The van der Waals surface area contributed by atoms with Gasteiger partial charge in [-0.1, -0.05) is 0 Å². The largest absolute Gasteiger partial charge is 0.371 e. The second kappa shape index (κ2) is 6.13. The Hall–Kier alpha value is -2.74. The molecule has 0 aromatic heterocycles. The van der Waals surface area contributed by atoms with Crippen molar-refractivity contribution in [2.75, 3.05) is 18.0 Å². The molecular weight excluding hydrogens is 360 g/mol. The molecule has 3 fully saturated rings. The van der Waals surface area contributed by atoms with Crippen LogP contribution in [0.2, 0.25) is 0 Å². The van der Waals surface area contributed by atoms with Gasteiger partial charge in [0.25, 0.3) is 11.8 Å². The van der Waals surface area contributed by atoms with Crippen LogP contribution in [0.5, 0.6) is 0 Å². The SMILES string of the molecule is NC1CCC2CN(c3ccc4c(c3)C(=O)N(C3CCC(=O)NC3=O)C4=O)CC12. The first-order chi connectivity index (χ1) is 13.4. The van der Waals surface area contributed by atoms with Crippen LogP contribution >= 0.6 is 0 Å². The fraction of sp³-hybridized carbons (Fsp3) is 0.500. The predicted octanol–water partition coefficient (Wildman–Crippen LogP) is 0.261. The summed E-state index contributed by atoms with van der Waals surface area (Å²) in [6.07, 6.45) is 2.48. The number of carbonyl (C=O) groups excluding carboxylic acids is 4. The number of anilines is 1. The monoisotopic (exact) mass is 382 g/mol. The molecule has 4 unspecified atom stereocenters. The van der Waals surface area contributed by atoms with Gasteiger partial charge in [-0.25, -0.2) is 0 Å². The lowest BCUT2D eigenvalue weighted by atomic mass is 9.98. The normalized spacial score (nSPS) is 32.0. The summed E-state index contributed by atoms with van der Waals surface area (Å²) in [4.78, 5) is 52.5. The number of benzene rings is 1. The zero-order valence-electron chi connectivity index (χ0n) is 15.4. The van der Waals surface area contributed by atoms with E-state index in [1.54, 1.807) is 12.1 Å². The quantitative estimate of drug-likeness (QED) is 0.710. The van der Waals surface area contributed by atoms with Crippen LogP contribution in [-0.2, 0) is 9.59 Å². The average molecular weight is 382 g/mol. The van der Waals surface area contributed by atoms with Crippen LogP contribution in [0.1, 0.15) is 46.4 Å². The second-order valence-electron chi connectivity index (χ2n) is 8.25. The number of imide groups is 2. The van der Waals surface area contributed by atoms with E-state index < -0.39 is 23.8 Å². The van der Waals surface area contributed by atoms with Crippen molar-refractivity contribution in [3.8, 4) is 0 Å². The summed E-state index contributed by atoms with van der Waals surface area (Å²) >= 11 is 0. The zero-order chi connectivity index (χ0) is 19.6. The Balaban J connectivity index is 1.41. The van der Waals surface area contributed by atoms with Gasteiger partial charge >= 0.3 is 0 Å². The minimum Gasteiger partial charge on any atom is -0.371 e. The van der Waals surface area contributed by atoms with Crippen molar-refractivity contribution in [2.24, 2.45) is 17.6 Å². The summed E-state index contributed by atoms with van der Waals surface area (Å²) in [5.41, 5.74) is 7.77. The van der Waals surface area contributed by atoms with E-state index in [0.717, 1.165) is 36.5 Å². The number of hydrogen-bond donors (Lipinski definition) is 2. The number of fused-ring (bicyclic) bond motifs is 2. The Morgan fingerprint density at radius 3 is 2.50 bits per heavy atom. The third kappa shape index (κ3) is 2.47. The van der Waals surface area contributed by atoms with E-state index in [4.69, 9.17) is 5.73 Å². The van der Waals surface area contributed by atoms with Crippen molar-refractivity contribution in [3.63, 3.8) is 0 Å². The number of nitrogens with one attached hydrogen (secondary N) is 1. The maximum absolute atomic E-state index is 13.0. The molecular formula is C20H22N4O4. The third-order valence-corrected chi connectivity index (χ3v) is 6.70. The van der Waals surface area contributed by atoms with Gasteiger partial charge in [-0.05, 0) is 49.3 Å². The molecule has 4 atom stereocenters. The first kappa shape index (κ1) is 17.4. The number of amides is 4. The van der Waals surface area contributed by atoms with Crippen LogP contribution in [0, 0.1) is 11.8 Å². The molecule has 1 aromatic rings. The Labute approximate surface area is 162 Å². The van der Waals surface area contributed by atoms with Gasteiger partial charge in [0.05, 0.1) is 11.1 Å². The van der Waals surface area contributed by atoms with Gasteiger partial charge in [-0.15, -0.1) is 0 Å². The highest BCUT2D eigenvalue weighted by molar-refractivity contribution is 6.23. The molecule has 3 N–H and O–H groups in total. The zero-order valence-corrected chi connectivity index (χ0v) is 15.4. The maximum atomic E-state index is 13.0. The van der Waals surface area contributed by atoms with E-state index in [-0.39, 0.29) is 24.8 Å². The van der Waals surface area contributed by atoms with E-state index in [1.807, 2.05) is 6.07 Å². The number of rotatable bonds is 2. The molecule has 0 spiro atoms. The summed E-state index contributed by atoms with van der Waals surface area (Å²) in [6.45, 7) is 1.78. The lowest BCUT2D eigenvalue weighted by molar-refractivity contribution is -0.136. The summed E-state index contributed by atoms with van der Waals surface area (Å²) < 4.78 is 0. The molecule has 2 saturated heterocycles. The Morgan fingerprint density at radius 1 is 0.964 bits per heavy atom. The van der Waals surface area contributed by atoms with E-state index >= 15 is 0 Å². The summed E-state index contributed by atoms with van der Waals surface area (Å²) in [7, 11) is 0. The highest BCUT2D eigenvalue weighted by Crippen LogP contribution is 2.40. The molecule has 146 valence electrons. The van der Waals surface area contributed by atoms with Crippen LogP contribution < -0.4 is 16.0 Å². The molecule has 3 heterocycles. The van der Waals surface area contributed by atoms with Crippen molar-refractivity contribution in [1.29, 1.82) is 0 Å². The second-order valence-corrected chi connectivity index (χ2v) is 8.25. The van der Waals surface area contributed by atoms with Crippen LogP contribution in [-0.4, -0.2) is 53.7 Å². The summed E-state index contributed by atoms with van der Waals surface area (Å²) in [5, 5.41) is 2.21. The molecule has 8 nitrogen and oxygen atoms in total. The van der Waals surface area contributed by atoms with Crippen molar-refractivity contribution in [3.05, 3.63) is 29.3 Å². The molecule has 4 amide bonds. The summed E-state index contributed by atoms with van der Waals surface area (Å²) in [6, 6.07) is 4.59. The molecule has 1 aliphatic carbocycles. The van der Waals surface area contributed by atoms with E-state index in [0.29, 0.717) is 23.0 Å². The van der Waals surface area contributed by atoms with Crippen molar-refractivity contribution >= 4 is 29.3 Å². The molecule has 3 aliphatic heterocycles. The van der Waals surface area contributed by atoms with Gasteiger partial charge in [0.1, 0.15) is 6.04 Å². The number of nitrogens with zero attached hydrogens (tertiary/aromatic N) is 2. The minimum atomic E-state index is -0.933. The third-order valence-electron chi connectivity index (χ3n) is 6.70. The molecule has 28 heavy (non-hydrogen) atoms. The molecule has 1 aromatic carbocycles. The van der Waals surface area contributed by atoms with Gasteiger partial charge in [-0.2, -0.15) is 0 Å². The molecule has 8 heteroatoms. The minimum absolute atomic E-state index is 0.117.